The van der Waals surface area contributed by atoms with Crippen LogP contribution >= 0.6 is 0 Å². The molecule has 2 heterocycles. The lowest BCUT2D eigenvalue weighted by Crippen LogP contribution is -2.07. The first-order chi connectivity index (χ1) is 10.3. The molecule has 1 aliphatic carbocycles. The SMILES string of the molecule is CNc1nc(-c2cc(OC)ncn2)nc2c1CCCCC2. The van der Waals surface area contributed by atoms with Crippen LogP contribution in [0, 0.1) is 0 Å². The zero-order valence-electron chi connectivity index (χ0n) is 12.4. The highest BCUT2D eigenvalue weighted by Gasteiger charge is 2.17. The Morgan fingerprint density at radius 1 is 1.10 bits per heavy atom. The minimum Gasteiger partial charge on any atom is -0.481 e. The molecule has 2 aromatic rings. The van der Waals surface area contributed by atoms with Crippen molar-refractivity contribution in [3.8, 4) is 17.4 Å². The lowest BCUT2D eigenvalue weighted by atomic mass is 10.1. The van der Waals surface area contributed by atoms with Crippen LogP contribution in [0.5, 0.6) is 5.88 Å². The van der Waals surface area contributed by atoms with Crippen LogP contribution in [0.3, 0.4) is 0 Å². The quantitative estimate of drug-likeness (QED) is 0.872. The van der Waals surface area contributed by atoms with Crippen LogP contribution in [-0.2, 0) is 12.8 Å². The van der Waals surface area contributed by atoms with Gasteiger partial charge in [0.1, 0.15) is 17.8 Å². The van der Waals surface area contributed by atoms with Crippen LogP contribution in [-0.4, -0.2) is 34.1 Å². The van der Waals surface area contributed by atoms with Gasteiger partial charge in [-0.15, -0.1) is 0 Å². The molecule has 0 unspecified atom stereocenters. The van der Waals surface area contributed by atoms with E-state index in [9.17, 15) is 0 Å². The van der Waals surface area contributed by atoms with E-state index >= 15 is 0 Å². The number of aryl methyl sites for hydroxylation is 1. The average molecular weight is 285 g/mol. The first kappa shape index (κ1) is 13.7. The number of anilines is 1. The highest BCUT2D eigenvalue weighted by atomic mass is 16.5. The normalized spacial score (nSPS) is 14.2. The average Bonchev–Trinajstić information content (AvgIpc) is 2.79. The van der Waals surface area contributed by atoms with Gasteiger partial charge in [-0.1, -0.05) is 6.42 Å². The molecule has 6 nitrogen and oxygen atoms in total. The maximum atomic E-state index is 5.14. The fraction of sp³-hybridized carbons (Fsp3) is 0.467. The third kappa shape index (κ3) is 2.79. The Bertz CT molecular complexity index is 644. The summed E-state index contributed by atoms with van der Waals surface area (Å²) in [6.45, 7) is 0. The molecule has 110 valence electrons. The number of rotatable bonds is 3. The van der Waals surface area contributed by atoms with Crippen molar-refractivity contribution in [2.75, 3.05) is 19.5 Å². The summed E-state index contributed by atoms with van der Waals surface area (Å²) in [5.41, 5.74) is 3.07. The summed E-state index contributed by atoms with van der Waals surface area (Å²) in [4.78, 5) is 17.6. The van der Waals surface area contributed by atoms with E-state index in [2.05, 4.69) is 20.3 Å². The van der Waals surface area contributed by atoms with Crippen LogP contribution in [0.15, 0.2) is 12.4 Å². The summed E-state index contributed by atoms with van der Waals surface area (Å²) in [6.07, 6.45) is 7.14. The van der Waals surface area contributed by atoms with E-state index in [-0.39, 0.29) is 0 Å². The molecule has 21 heavy (non-hydrogen) atoms. The van der Waals surface area contributed by atoms with Gasteiger partial charge in [0.2, 0.25) is 5.88 Å². The molecule has 1 aliphatic rings. The smallest absolute Gasteiger partial charge is 0.216 e. The van der Waals surface area contributed by atoms with Crippen molar-refractivity contribution in [1.82, 2.24) is 19.9 Å². The van der Waals surface area contributed by atoms with Gasteiger partial charge >= 0.3 is 0 Å². The first-order valence-electron chi connectivity index (χ1n) is 7.25. The van der Waals surface area contributed by atoms with Crippen molar-refractivity contribution in [3.63, 3.8) is 0 Å². The molecule has 0 saturated heterocycles. The summed E-state index contributed by atoms with van der Waals surface area (Å²) in [5, 5.41) is 3.20. The number of hydrogen-bond acceptors (Lipinski definition) is 6. The molecule has 3 rings (SSSR count). The van der Waals surface area contributed by atoms with Gasteiger partial charge in [-0.05, 0) is 25.7 Å². The lowest BCUT2D eigenvalue weighted by Gasteiger charge is -2.12. The zero-order valence-corrected chi connectivity index (χ0v) is 12.4. The first-order valence-corrected chi connectivity index (χ1v) is 7.25. The van der Waals surface area contributed by atoms with Gasteiger partial charge in [-0.3, -0.25) is 0 Å². The van der Waals surface area contributed by atoms with Crippen molar-refractivity contribution in [2.45, 2.75) is 32.1 Å². The summed E-state index contributed by atoms with van der Waals surface area (Å²) in [5.74, 6) is 2.06. The van der Waals surface area contributed by atoms with Crippen LogP contribution in [0.2, 0.25) is 0 Å². The Hall–Kier alpha value is -2.24. The minimum absolute atomic E-state index is 0.518. The van der Waals surface area contributed by atoms with Gasteiger partial charge < -0.3 is 10.1 Å². The second-order valence-electron chi connectivity index (χ2n) is 5.08. The molecule has 0 aliphatic heterocycles. The Morgan fingerprint density at radius 3 is 2.76 bits per heavy atom. The highest BCUT2D eigenvalue weighted by Crippen LogP contribution is 2.27. The topological polar surface area (TPSA) is 72.8 Å². The zero-order chi connectivity index (χ0) is 14.7. The van der Waals surface area contributed by atoms with Gasteiger partial charge in [0, 0.05) is 24.4 Å². The van der Waals surface area contributed by atoms with E-state index in [1.807, 2.05) is 7.05 Å². The largest absolute Gasteiger partial charge is 0.481 e. The van der Waals surface area contributed by atoms with Crippen LogP contribution in [0.1, 0.15) is 30.5 Å². The molecule has 0 atom stereocenters. The van der Waals surface area contributed by atoms with Gasteiger partial charge in [0.15, 0.2) is 5.82 Å². The predicted molar refractivity (Wildman–Crippen MR) is 80.4 cm³/mol. The van der Waals surface area contributed by atoms with E-state index in [0.29, 0.717) is 17.4 Å². The molecule has 1 N–H and O–H groups in total. The van der Waals surface area contributed by atoms with Gasteiger partial charge in [-0.2, -0.15) is 0 Å². The van der Waals surface area contributed by atoms with Crippen molar-refractivity contribution in [2.24, 2.45) is 0 Å². The number of nitrogens with one attached hydrogen (secondary N) is 1. The van der Waals surface area contributed by atoms with Gasteiger partial charge in [0.25, 0.3) is 0 Å². The van der Waals surface area contributed by atoms with Crippen molar-refractivity contribution in [3.05, 3.63) is 23.7 Å². The monoisotopic (exact) mass is 285 g/mol. The van der Waals surface area contributed by atoms with Crippen molar-refractivity contribution >= 4 is 5.82 Å². The summed E-state index contributed by atoms with van der Waals surface area (Å²) < 4.78 is 5.14. The molecule has 0 radical (unpaired) electrons. The summed E-state index contributed by atoms with van der Waals surface area (Å²) >= 11 is 0. The molecule has 0 aromatic carbocycles. The van der Waals surface area contributed by atoms with E-state index in [4.69, 9.17) is 9.72 Å². The standard InChI is InChI=1S/C15H19N5O/c1-16-14-10-6-4-3-5-7-11(10)19-15(20-14)12-8-13(21-2)18-9-17-12/h8-9H,3-7H2,1-2H3,(H,16,19,20). The van der Waals surface area contributed by atoms with Crippen LogP contribution in [0.25, 0.3) is 11.5 Å². The number of methoxy groups -OCH3 is 1. The maximum Gasteiger partial charge on any atom is 0.216 e. The molecule has 0 spiro atoms. The summed E-state index contributed by atoms with van der Waals surface area (Å²) in [7, 11) is 3.49. The lowest BCUT2D eigenvalue weighted by molar-refractivity contribution is 0.397. The molecule has 6 heteroatoms. The predicted octanol–water partition coefficient (Wildman–Crippen LogP) is 2.25. The van der Waals surface area contributed by atoms with Crippen molar-refractivity contribution < 1.29 is 4.74 Å². The molecule has 0 amide bonds. The van der Waals surface area contributed by atoms with E-state index in [0.717, 1.165) is 24.4 Å². The van der Waals surface area contributed by atoms with Crippen LogP contribution < -0.4 is 10.1 Å². The van der Waals surface area contributed by atoms with Gasteiger partial charge in [-0.25, -0.2) is 19.9 Å². The third-order valence-electron chi connectivity index (χ3n) is 3.75. The second kappa shape index (κ2) is 6.03. The Balaban J connectivity index is 2.08. The number of hydrogen-bond donors (Lipinski definition) is 1. The number of nitrogens with zero attached hydrogens (tertiary/aromatic N) is 4. The minimum atomic E-state index is 0.518. The Kier molecular flexibility index (Phi) is 3.94. The molecule has 0 fully saturated rings. The maximum absolute atomic E-state index is 5.14. The second-order valence-corrected chi connectivity index (χ2v) is 5.08. The third-order valence-corrected chi connectivity index (χ3v) is 3.75. The Morgan fingerprint density at radius 2 is 1.95 bits per heavy atom. The van der Waals surface area contributed by atoms with Crippen LogP contribution in [0.4, 0.5) is 5.82 Å². The van der Waals surface area contributed by atoms with E-state index in [1.165, 1.54) is 31.2 Å². The molecule has 0 saturated carbocycles. The van der Waals surface area contributed by atoms with Gasteiger partial charge in [0.05, 0.1) is 7.11 Å². The number of aromatic nitrogens is 4. The molecular formula is C15H19N5O. The number of fused-ring (bicyclic) bond motifs is 1. The summed E-state index contributed by atoms with van der Waals surface area (Å²) in [6, 6.07) is 1.76. The van der Waals surface area contributed by atoms with Crippen molar-refractivity contribution in [1.29, 1.82) is 0 Å². The molecular weight excluding hydrogens is 266 g/mol. The fourth-order valence-electron chi connectivity index (χ4n) is 2.67. The highest BCUT2D eigenvalue weighted by molar-refractivity contribution is 5.57. The fourth-order valence-corrected chi connectivity index (χ4v) is 2.67. The van der Waals surface area contributed by atoms with E-state index in [1.54, 1.807) is 13.2 Å². The molecule has 2 aromatic heterocycles. The van der Waals surface area contributed by atoms with E-state index < -0.39 is 0 Å². The molecule has 0 bridgehead atoms. The Labute approximate surface area is 124 Å². The number of ether oxygens (including phenoxy) is 1.